The number of halogens is 1. The predicted molar refractivity (Wildman–Crippen MR) is 78.7 cm³/mol. The van der Waals surface area contributed by atoms with Gasteiger partial charge >= 0.3 is 0 Å². The molecule has 0 aromatic heterocycles. The van der Waals surface area contributed by atoms with E-state index < -0.39 is 0 Å². The molecule has 3 heteroatoms. The lowest BCUT2D eigenvalue weighted by atomic mass is 9.75. The molecule has 0 heterocycles. The predicted octanol–water partition coefficient (Wildman–Crippen LogP) is 4.21. The topological polar surface area (TPSA) is 32.3 Å². The van der Waals surface area contributed by atoms with Crippen LogP contribution in [0.1, 0.15) is 45.1 Å². The molecule has 100 valence electrons. The van der Waals surface area contributed by atoms with E-state index in [1.54, 1.807) is 6.07 Å². The smallest absolute Gasteiger partial charge is 0.120 e. The fraction of sp³-hybridized carbons (Fsp3) is 0.600. The van der Waals surface area contributed by atoms with E-state index in [0.717, 1.165) is 16.6 Å². The van der Waals surface area contributed by atoms with Crippen molar-refractivity contribution in [3.63, 3.8) is 0 Å². The molecule has 0 atom stereocenters. The number of rotatable bonds is 3. The maximum absolute atomic E-state index is 9.79. The highest BCUT2D eigenvalue weighted by molar-refractivity contribution is 9.10. The minimum absolute atomic E-state index is 0.377. The summed E-state index contributed by atoms with van der Waals surface area (Å²) in [6.45, 7) is 5.45. The molecule has 1 aliphatic rings. The van der Waals surface area contributed by atoms with E-state index in [9.17, 15) is 5.11 Å². The summed E-state index contributed by atoms with van der Waals surface area (Å²) in [5.74, 6) is 0.377. The molecule has 1 aromatic rings. The maximum atomic E-state index is 9.79. The standard InChI is InChI=1S/C15H22BrNO/c1-15(2)7-5-13(6-8-15)17-10-11-9-12(16)3-4-14(11)18/h3-4,9,13,17-18H,5-8,10H2,1-2H3. The first-order valence-electron chi connectivity index (χ1n) is 6.67. The van der Waals surface area contributed by atoms with E-state index in [1.807, 2.05) is 12.1 Å². The van der Waals surface area contributed by atoms with Crippen molar-refractivity contribution in [2.75, 3.05) is 0 Å². The third-order valence-electron chi connectivity index (χ3n) is 3.96. The SMILES string of the molecule is CC1(C)CCC(NCc2cc(Br)ccc2O)CC1. The normalized spacial score (nSPS) is 19.9. The van der Waals surface area contributed by atoms with E-state index in [4.69, 9.17) is 0 Å². The van der Waals surface area contributed by atoms with Gasteiger partial charge in [-0.15, -0.1) is 0 Å². The molecule has 18 heavy (non-hydrogen) atoms. The van der Waals surface area contributed by atoms with Crippen LogP contribution >= 0.6 is 15.9 Å². The van der Waals surface area contributed by atoms with Gasteiger partial charge in [0.25, 0.3) is 0 Å². The highest BCUT2D eigenvalue weighted by Gasteiger charge is 2.26. The lowest BCUT2D eigenvalue weighted by Gasteiger charge is -2.34. The molecular weight excluding hydrogens is 290 g/mol. The molecule has 0 amide bonds. The number of nitrogens with one attached hydrogen (secondary N) is 1. The van der Waals surface area contributed by atoms with Crippen LogP contribution in [0.15, 0.2) is 22.7 Å². The molecule has 0 spiro atoms. The van der Waals surface area contributed by atoms with Gasteiger partial charge in [0.1, 0.15) is 5.75 Å². The zero-order chi connectivity index (χ0) is 13.2. The average molecular weight is 312 g/mol. The lowest BCUT2D eigenvalue weighted by molar-refractivity contribution is 0.205. The molecule has 0 aliphatic heterocycles. The van der Waals surface area contributed by atoms with Crippen LogP contribution in [0.5, 0.6) is 5.75 Å². The highest BCUT2D eigenvalue weighted by Crippen LogP contribution is 2.35. The van der Waals surface area contributed by atoms with Gasteiger partial charge in [0.05, 0.1) is 0 Å². The van der Waals surface area contributed by atoms with Crippen molar-refractivity contribution in [3.05, 3.63) is 28.2 Å². The number of phenolic OH excluding ortho intramolecular Hbond substituents is 1. The molecule has 2 rings (SSSR count). The first-order valence-corrected chi connectivity index (χ1v) is 7.46. The summed E-state index contributed by atoms with van der Waals surface area (Å²) >= 11 is 3.44. The van der Waals surface area contributed by atoms with E-state index in [1.165, 1.54) is 25.7 Å². The van der Waals surface area contributed by atoms with Crippen molar-refractivity contribution in [1.29, 1.82) is 0 Å². The van der Waals surface area contributed by atoms with Crippen LogP contribution in [0.2, 0.25) is 0 Å². The van der Waals surface area contributed by atoms with Gasteiger partial charge in [-0.05, 0) is 49.3 Å². The monoisotopic (exact) mass is 311 g/mol. The Kier molecular flexibility index (Phi) is 4.33. The first kappa shape index (κ1) is 13.9. The molecular formula is C15H22BrNO. The zero-order valence-electron chi connectivity index (χ0n) is 11.2. The Morgan fingerprint density at radius 1 is 1.33 bits per heavy atom. The Labute approximate surface area is 118 Å². The maximum Gasteiger partial charge on any atom is 0.120 e. The number of benzene rings is 1. The molecule has 1 aromatic carbocycles. The summed E-state index contributed by atoms with van der Waals surface area (Å²) in [6, 6.07) is 6.18. The zero-order valence-corrected chi connectivity index (χ0v) is 12.8. The van der Waals surface area contributed by atoms with Crippen LogP contribution in [0.4, 0.5) is 0 Å². The second kappa shape index (κ2) is 5.62. The minimum atomic E-state index is 0.377. The second-order valence-corrected chi connectivity index (χ2v) is 7.01. The summed E-state index contributed by atoms with van der Waals surface area (Å²) < 4.78 is 1.02. The molecule has 0 unspecified atom stereocenters. The summed E-state index contributed by atoms with van der Waals surface area (Å²) in [5, 5.41) is 13.3. The van der Waals surface area contributed by atoms with Gasteiger partial charge in [0.15, 0.2) is 0 Å². The van der Waals surface area contributed by atoms with Gasteiger partial charge in [-0.3, -0.25) is 0 Å². The number of phenols is 1. The van der Waals surface area contributed by atoms with Gasteiger partial charge in [-0.1, -0.05) is 29.8 Å². The molecule has 2 N–H and O–H groups in total. The van der Waals surface area contributed by atoms with Crippen LogP contribution in [0.3, 0.4) is 0 Å². The fourth-order valence-corrected chi connectivity index (χ4v) is 2.96. The van der Waals surface area contributed by atoms with Gasteiger partial charge in [0.2, 0.25) is 0 Å². The Bertz CT molecular complexity index is 407. The summed E-state index contributed by atoms with van der Waals surface area (Å²) in [7, 11) is 0. The Balaban J connectivity index is 1.87. The van der Waals surface area contributed by atoms with Crippen LogP contribution < -0.4 is 5.32 Å². The van der Waals surface area contributed by atoms with E-state index in [2.05, 4.69) is 35.1 Å². The van der Waals surface area contributed by atoms with Gasteiger partial charge in [-0.2, -0.15) is 0 Å². The minimum Gasteiger partial charge on any atom is -0.508 e. The Hall–Kier alpha value is -0.540. The van der Waals surface area contributed by atoms with Crippen molar-refractivity contribution >= 4 is 15.9 Å². The van der Waals surface area contributed by atoms with Crippen molar-refractivity contribution in [2.24, 2.45) is 5.41 Å². The summed E-state index contributed by atoms with van der Waals surface area (Å²) in [6.07, 6.45) is 5.05. The lowest BCUT2D eigenvalue weighted by Crippen LogP contribution is -2.35. The number of hydrogen-bond acceptors (Lipinski definition) is 2. The highest BCUT2D eigenvalue weighted by atomic mass is 79.9. The number of hydrogen-bond donors (Lipinski definition) is 2. The van der Waals surface area contributed by atoms with Crippen LogP contribution in [-0.2, 0) is 6.54 Å². The van der Waals surface area contributed by atoms with Gasteiger partial charge in [0, 0.05) is 22.6 Å². The first-order chi connectivity index (χ1) is 8.46. The van der Waals surface area contributed by atoms with Crippen molar-refractivity contribution < 1.29 is 5.11 Å². The second-order valence-electron chi connectivity index (χ2n) is 6.09. The van der Waals surface area contributed by atoms with Crippen molar-refractivity contribution in [3.8, 4) is 5.75 Å². The van der Waals surface area contributed by atoms with Gasteiger partial charge < -0.3 is 10.4 Å². The molecule has 1 aliphatic carbocycles. The average Bonchev–Trinajstić information content (AvgIpc) is 2.32. The molecule has 1 saturated carbocycles. The molecule has 0 radical (unpaired) electrons. The molecule has 0 saturated heterocycles. The molecule has 2 nitrogen and oxygen atoms in total. The third-order valence-corrected chi connectivity index (χ3v) is 4.46. The Morgan fingerprint density at radius 3 is 2.67 bits per heavy atom. The van der Waals surface area contributed by atoms with Gasteiger partial charge in [-0.25, -0.2) is 0 Å². The summed E-state index contributed by atoms with van der Waals surface area (Å²) in [5.41, 5.74) is 1.48. The quantitative estimate of drug-likeness (QED) is 0.876. The molecule has 1 fully saturated rings. The van der Waals surface area contributed by atoms with Crippen molar-refractivity contribution in [1.82, 2.24) is 5.32 Å². The fourth-order valence-electron chi connectivity index (χ4n) is 2.55. The van der Waals surface area contributed by atoms with Crippen LogP contribution in [-0.4, -0.2) is 11.1 Å². The van der Waals surface area contributed by atoms with Crippen molar-refractivity contribution in [2.45, 2.75) is 52.1 Å². The largest absolute Gasteiger partial charge is 0.508 e. The van der Waals surface area contributed by atoms with E-state index >= 15 is 0 Å². The van der Waals surface area contributed by atoms with Crippen LogP contribution in [0, 0.1) is 5.41 Å². The molecule has 0 bridgehead atoms. The number of aromatic hydroxyl groups is 1. The van der Waals surface area contributed by atoms with E-state index in [0.29, 0.717) is 17.2 Å². The Morgan fingerprint density at radius 2 is 2.00 bits per heavy atom. The van der Waals surface area contributed by atoms with Crippen LogP contribution in [0.25, 0.3) is 0 Å². The van der Waals surface area contributed by atoms with E-state index in [-0.39, 0.29) is 0 Å². The summed E-state index contributed by atoms with van der Waals surface area (Å²) in [4.78, 5) is 0. The third kappa shape index (κ3) is 3.72.